The molecule has 1 N–H and O–H groups in total. The van der Waals surface area contributed by atoms with Gasteiger partial charge in [-0.25, -0.2) is 0 Å². The summed E-state index contributed by atoms with van der Waals surface area (Å²) in [5, 5.41) is 2.89. The monoisotopic (exact) mass is 378 g/mol. The summed E-state index contributed by atoms with van der Waals surface area (Å²) in [6, 6.07) is 16.5. The fraction of sp³-hybridized carbons (Fsp3) is 0.182. The third-order valence-corrected chi connectivity index (χ3v) is 4.11. The second kappa shape index (κ2) is 9.41. The van der Waals surface area contributed by atoms with Crippen molar-refractivity contribution in [1.82, 2.24) is 4.98 Å². The quantitative estimate of drug-likeness (QED) is 0.645. The molecule has 0 unspecified atom stereocenters. The summed E-state index contributed by atoms with van der Waals surface area (Å²) in [5.74, 6) is 1.67. The van der Waals surface area contributed by atoms with Crippen molar-refractivity contribution in [3.05, 3.63) is 78.1 Å². The molecule has 3 rings (SSSR count). The van der Waals surface area contributed by atoms with E-state index in [9.17, 15) is 4.79 Å². The van der Waals surface area contributed by atoms with Crippen LogP contribution in [0, 0.1) is 0 Å². The largest absolute Gasteiger partial charge is 0.496 e. The predicted octanol–water partition coefficient (Wildman–Crippen LogP) is 3.86. The molecule has 0 atom stereocenters. The average Bonchev–Trinajstić information content (AvgIpc) is 2.73. The molecule has 1 aromatic heterocycles. The number of anilines is 1. The van der Waals surface area contributed by atoms with E-state index in [2.05, 4.69) is 10.3 Å². The number of ether oxygens (including phenoxy) is 3. The Morgan fingerprint density at radius 1 is 0.964 bits per heavy atom. The van der Waals surface area contributed by atoms with Crippen LogP contribution in [0.25, 0.3) is 0 Å². The number of aromatic nitrogens is 1. The van der Waals surface area contributed by atoms with Crippen LogP contribution in [0.1, 0.15) is 11.1 Å². The molecule has 0 aliphatic carbocycles. The first-order valence-electron chi connectivity index (χ1n) is 8.81. The maximum absolute atomic E-state index is 12.4. The highest BCUT2D eigenvalue weighted by atomic mass is 16.5. The van der Waals surface area contributed by atoms with Crippen LogP contribution in [0.5, 0.6) is 17.2 Å². The Morgan fingerprint density at radius 3 is 2.54 bits per heavy atom. The van der Waals surface area contributed by atoms with Crippen molar-refractivity contribution in [2.75, 3.05) is 19.5 Å². The SMILES string of the molecule is COc1ccccc1CC(=O)Nc1ccc(OC)c(OCc2cccnc2)c1. The zero-order valence-electron chi connectivity index (χ0n) is 15.8. The molecule has 6 heteroatoms. The van der Waals surface area contributed by atoms with Gasteiger partial charge in [-0.1, -0.05) is 24.3 Å². The minimum absolute atomic E-state index is 0.145. The second-order valence-electron chi connectivity index (χ2n) is 6.05. The second-order valence-corrected chi connectivity index (χ2v) is 6.05. The molecule has 2 aromatic carbocycles. The number of methoxy groups -OCH3 is 2. The molecule has 0 radical (unpaired) electrons. The van der Waals surface area contributed by atoms with Gasteiger partial charge in [-0.3, -0.25) is 9.78 Å². The summed E-state index contributed by atoms with van der Waals surface area (Å²) >= 11 is 0. The van der Waals surface area contributed by atoms with E-state index in [0.29, 0.717) is 29.5 Å². The summed E-state index contributed by atoms with van der Waals surface area (Å²) in [6.45, 7) is 0.350. The van der Waals surface area contributed by atoms with Crippen LogP contribution in [0.3, 0.4) is 0 Å². The van der Waals surface area contributed by atoms with Gasteiger partial charge < -0.3 is 19.5 Å². The van der Waals surface area contributed by atoms with Crippen LogP contribution in [0.2, 0.25) is 0 Å². The van der Waals surface area contributed by atoms with Crippen molar-refractivity contribution in [1.29, 1.82) is 0 Å². The minimum atomic E-state index is -0.145. The Hall–Kier alpha value is -3.54. The van der Waals surface area contributed by atoms with Gasteiger partial charge in [0.15, 0.2) is 11.5 Å². The fourth-order valence-electron chi connectivity index (χ4n) is 2.74. The summed E-state index contributed by atoms with van der Waals surface area (Å²) in [4.78, 5) is 16.5. The van der Waals surface area contributed by atoms with E-state index in [4.69, 9.17) is 14.2 Å². The molecule has 28 heavy (non-hydrogen) atoms. The molecule has 1 amide bonds. The van der Waals surface area contributed by atoms with Gasteiger partial charge >= 0.3 is 0 Å². The number of carbonyl (C=O) groups is 1. The first-order valence-corrected chi connectivity index (χ1v) is 8.81. The first kappa shape index (κ1) is 19.2. The van der Waals surface area contributed by atoms with Crippen LogP contribution in [0.15, 0.2) is 67.0 Å². The fourth-order valence-corrected chi connectivity index (χ4v) is 2.74. The van der Waals surface area contributed by atoms with Gasteiger partial charge in [-0.05, 0) is 24.3 Å². The van der Waals surface area contributed by atoms with Gasteiger partial charge in [0.05, 0.1) is 20.6 Å². The predicted molar refractivity (Wildman–Crippen MR) is 107 cm³/mol. The first-order chi connectivity index (χ1) is 13.7. The van der Waals surface area contributed by atoms with Gasteiger partial charge in [-0.2, -0.15) is 0 Å². The lowest BCUT2D eigenvalue weighted by molar-refractivity contribution is -0.115. The van der Waals surface area contributed by atoms with Crippen LogP contribution in [-0.2, 0) is 17.8 Å². The molecule has 1 heterocycles. The molecular weight excluding hydrogens is 356 g/mol. The molecule has 0 aliphatic rings. The maximum Gasteiger partial charge on any atom is 0.228 e. The van der Waals surface area contributed by atoms with E-state index in [1.54, 1.807) is 44.8 Å². The summed E-state index contributed by atoms with van der Waals surface area (Å²) in [5.41, 5.74) is 2.39. The van der Waals surface area contributed by atoms with E-state index in [1.165, 1.54) is 0 Å². The lowest BCUT2D eigenvalue weighted by atomic mass is 10.1. The maximum atomic E-state index is 12.4. The number of para-hydroxylation sites is 1. The van der Waals surface area contributed by atoms with Crippen LogP contribution in [0.4, 0.5) is 5.69 Å². The summed E-state index contributed by atoms with van der Waals surface area (Å²) < 4.78 is 16.5. The number of nitrogens with zero attached hydrogens (tertiary/aromatic N) is 1. The van der Waals surface area contributed by atoms with Crippen molar-refractivity contribution in [2.45, 2.75) is 13.0 Å². The van der Waals surface area contributed by atoms with Gasteiger partial charge in [0.25, 0.3) is 0 Å². The van der Waals surface area contributed by atoms with Gasteiger partial charge in [0.1, 0.15) is 12.4 Å². The minimum Gasteiger partial charge on any atom is -0.496 e. The standard InChI is InChI=1S/C22H22N2O4/c1-26-19-8-4-3-7-17(19)12-22(25)24-18-9-10-20(27-2)21(13-18)28-15-16-6-5-11-23-14-16/h3-11,13-14H,12,15H2,1-2H3,(H,24,25). The zero-order valence-corrected chi connectivity index (χ0v) is 15.8. The van der Waals surface area contributed by atoms with Crippen LogP contribution < -0.4 is 19.5 Å². The normalized spacial score (nSPS) is 10.2. The molecule has 0 spiro atoms. The number of amides is 1. The van der Waals surface area contributed by atoms with Crippen molar-refractivity contribution in [3.8, 4) is 17.2 Å². The lowest BCUT2D eigenvalue weighted by Crippen LogP contribution is -2.15. The number of benzene rings is 2. The molecule has 0 saturated carbocycles. The number of carbonyl (C=O) groups excluding carboxylic acids is 1. The van der Waals surface area contributed by atoms with Gasteiger partial charge in [-0.15, -0.1) is 0 Å². The number of hydrogen-bond acceptors (Lipinski definition) is 5. The summed E-state index contributed by atoms with van der Waals surface area (Å²) in [6.07, 6.45) is 3.66. The smallest absolute Gasteiger partial charge is 0.228 e. The van der Waals surface area contributed by atoms with E-state index in [-0.39, 0.29) is 12.3 Å². The Labute approximate surface area is 164 Å². The number of hydrogen-bond donors (Lipinski definition) is 1. The Morgan fingerprint density at radius 2 is 1.79 bits per heavy atom. The Bertz CT molecular complexity index is 929. The number of pyridine rings is 1. The van der Waals surface area contributed by atoms with Crippen molar-refractivity contribution < 1.29 is 19.0 Å². The van der Waals surface area contributed by atoms with Crippen molar-refractivity contribution >= 4 is 11.6 Å². The van der Waals surface area contributed by atoms with E-state index >= 15 is 0 Å². The van der Waals surface area contributed by atoms with E-state index < -0.39 is 0 Å². The molecule has 0 bridgehead atoms. The van der Waals surface area contributed by atoms with Crippen molar-refractivity contribution in [3.63, 3.8) is 0 Å². The third kappa shape index (κ3) is 5.01. The number of rotatable bonds is 8. The Kier molecular flexibility index (Phi) is 6.46. The van der Waals surface area contributed by atoms with Gasteiger partial charge in [0, 0.05) is 35.3 Å². The highest BCUT2D eigenvalue weighted by Gasteiger charge is 2.11. The zero-order chi connectivity index (χ0) is 19.8. The van der Waals surface area contributed by atoms with E-state index in [1.807, 2.05) is 36.4 Å². The average molecular weight is 378 g/mol. The highest BCUT2D eigenvalue weighted by Crippen LogP contribution is 2.31. The molecule has 3 aromatic rings. The van der Waals surface area contributed by atoms with Crippen molar-refractivity contribution in [2.24, 2.45) is 0 Å². The van der Waals surface area contributed by atoms with Crippen LogP contribution >= 0.6 is 0 Å². The highest BCUT2D eigenvalue weighted by molar-refractivity contribution is 5.93. The molecular formula is C22H22N2O4. The molecule has 6 nitrogen and oxygen atoms in total. The van der Waals surface area contributed by atoms with Gasteiger partial charge in [0.2, 0.25) is 5.91 Å². The Balaban J connectivity index is 1.69. The summed E-state index contributed by atoms with van der Waals surface area (Å²) in [7, 11) is 3.16. The lowest BCUT2D eigenvalue weighted by Gasteiger charge is -2.13. The van der Waals surface area contributed by atoms with E-state index in [0.717, 1.165) is 11.1 Å². The molecule has 144 valence electrons. The van der Waals surface area contributed by atoms with Crippen LogP contribution in [-0.4, -0.2) is 25.1 Å². The third-order valence-electron chi connectivity index (χ3n) is 4.11. The number of nitrogens with one attached hydrogen (secondary N) is 1. The molecule has 0 saturated heterocycles. The molecule has 0 aliphatic heterocycles. The topological polar surface area (TPSA) is 69.7 Å². The molecule has 0 fully saturated rings.